The Hall–Kier alpha value is -3.66. The third-order valence-corrected chi connectivity index (χ3v) is 6.81. The van der Waals surface area contributed by atoms with Gasteiger partial charge >= 0.3 is 6.03 Å². The number of fused-ring (bicyclic) bond motifs is 3. The zero-order valence-corrected chi connectivity index (χ0v) is 17.8. The summed E-state index contributed by atoms with van der Waals surface area (Å²) in [5.74, 6) is 0.0712. The number of thiol groups is 1. The van der Waals surface area contributed by atoms with Gasteiger partial charge in [-0.05, 0) is 25.0 Å². The number of urea groups is 1. The van der Waals surface area contributed by atoms with Crippen molar-refractivity contribution in [3.63, 3.8) is 0 Å². The van der Waals surface area contributed by atoms with Gasteiger partial charge in [0.1, 0.15) is 11.9 Å². The number of carbonyl (C=O) groups is 2. The van der Waals surface area contributed by atoms with Crippen molar-refractivity contribution < 1.29 is 9.59 Å². The van der Waals surface area contributed by atoms with Crippen LogP contribution in [0.1, 0.15) is 24.5 Å². The number of imide groups is 1. The van der Waals surface area contributed by atoms with Gasteiger partial charge in [0.25, 0.3) is 5.91 Å². The van der Waals surface area contributed by atoms with E-state index in [2.05, 4.69) is 34.1 Å². The molecule has 160 valence electrons. The maximum atomic E-state index is 12.2. The summed E-state index contributed by atoms with van der Waals surface area (Å²) in [6, 6.07) is 9.20. The number of para-hydroxylation sites is 1. The molecule has 32 heavy (non-hydrogen) atoms. The number of amides is 3. The third kappa shape index (κ3) is 2.76. The Morgan fingerprint density at radius 2 is 2.00 bits per heavy atom. The minimum absolute atomic E-state index is 0.0832. The van der Waals surface area contributed by atoms with E-state index in [1.807, 2.05) is 24.3 Å². The lowest BCUT2D eigenvalue weighted by atomic mass is 9.90. The summed E-state index contributed by atoms with van der Waals surface area (Å²) in [7, 11) is 0. The number of piperidine rings is 1. The van der Waals surface area contributed by atoms with E-state index in [9.17, 15) is 9.59 Å². The topological polar surface area (TPSA) is 119 Å². The van der Waals surface area contributed by atoms with Crippen LogP contribution >= 0.6 is 12.6 Å². The average molecular weight is 446 g/mol. The summed E-state index contributed by atoms with van der Waals surface area (Å²) in [5.41, 5.74) is 10.3. The van der Waals surface area contributed by atoms with Gasteiger partial charge in [-0.15, -0.1) is 12.6 Å². The number of benzene rings is 1. The van der Waals surface area contributed by atoms with Gasteiger partial charge in [0.2, 0.25) is 0 Å². The standard InChI is InChI=1S/C22H19N7O2S/c23-19-18(32)17(12-5-6-16-21(30)27-22(31)28(16)10-12)26-20-14(9-25-29(19)20)13-7-11-3-1-2-4-15(11)24-8-13/h1-4,7-9,12,16,32H,5-6,10,23H2,(H,27,30,31)/t12-,16+/m0/s1. The second-order valence-electron chi connectivity index (χ2n) is 8.18. The number of nitrogens with two attached hydrogens (primary N) is 1. The van der Waals surface area contributed by atoms with Crippen molar-refractivity contribution in [2.24, 2.45) is 0 Å². The van der Waals surface area contributed by atoms with Crippen LogP contribution in [0.5, 0.6) is 0 Å². The van der Waals surface area contributed by atoms with E-state index < -0.39 is 6.04 Å². The van der Waals surface area contributed by atoms with Crippen molar-refractivity contribution in [1.82, 2.24) is 29.8 Å². The fourth-order valence-corrected chi connectivity index (χ4v) is 5.01. The number of nitrogens with one attached hydrogen (secondary N) is 1. The highest BCUT2D eigenvalue weighted by molar-refractivity contribution is 7.80. The number of hydrogen-bond acceptors (Lipinski definition) is 7. The molecular weight excluding hydrogens is 426 g/mol. The van der Waals surface area contributed by atoms with Crippen molar-refractivity contribution in [2.75, 3.05) is 12.3 Å². The van der Waals surface area contributed by atoms with Crippen molar-refractivity contribution >= 4 is 46.9 Å². The molecule has 2 aliphatic heterocycles. The Morgan fingerprint density at radius 3 is 2.88 bits per heavy atom. The normalized spacial score (nSPS) is 20.7. The number of carbonyl (C=O) groups excluding carboxylic acids is 2. The Balaban J connectivity index is 1.45. The fourth-order valence-electron chi connectivity index (χ4n) is 4.68. The lowest BCUT2D eigenvalue weighted by Crippen LogP contribution is -2.42. The molecule has 0 radical (unpaired) electrons. The highest BCUT2D eigenvalue weighted by Gasteiger charge is 2.43. The van der Waals surface area contributed by atoms with Crippen LogP contribution in [0.4, 0.5) is 10.6 Å². The smallest absolute Gasteiger partial charge is 0.324 e. The number of rotatable bonds is 2. The highest BCUT2D eigenvalue weighted by atomic mass is 32.1. The van der Waals surface area contributed by atoms with Crippen LogP contribution in [0.3, 0.4) is 0 Å². The number of hydrogen-bond donors (Lipinski definition) is 3. The molecule has 6 rings (SSSR count). The van der Waals surface area contributed by atoms with Crippen molar-refractivity contribution in [2.45, 2.75) is 29.7 Å². The molecule has 0 spiro atoms. The summed E-state index contributed by atoms with van der Waals surface area (Å²) in [6.45, 7) is 0.388. The van der Waals surface area contributed by atoms with Gasteiger partial charge < -0.3 is 10.6 Å². The van der Waals surface area contributed by atoms with Crippen LogP contribution < -0.4 is 11.1 Å². The number of nitrogen functional groups attached to an aromatic ring is 1. The molecule has 0 unspecified atom stereocenters. The maximum Gasteiger partial charge on any atom is 0.324 e. The lowest BCUT2D eigenvalue weighted by Gasteiger charge is -2.33. The van der Waals surface area contributed by atoms with Crippen LogP contribution in [-0.4, -0.2) is 49.0 Å². The van der Waals surface area contributed by atoms with E-state index >= 15 is 0 Å². The molecule has 2 atom stereocenters. The van der Waals surface area contributed by atoms with Crippen LogP contribution in [0.2, 0.25) is 0 Å². The first-order chi connectivity index (χ1) is 15.5. The maximum absolute atomic E-state index is 12.2. The summed E-state index contributed by atoms with van der Waals surface area (Å²) < 4.78 is 1.58. The van der Waals surface area contributed by atoms with Gasteiger partial charge in [0, 0.05) is 35.2 Å². The van der Waals surface area contributed by atoms with Crippen LogP contribution in [0.15, 0.2) is 47.6 Å². The van der Waals surface area contributed by atoms with E-state index in [0.29, 0.717) is 41.4 Å². The molecule has 0 saturated carbocycles. The summed E-state index contributed by atoms with van der Waals surface area (Å²) in [4.78, 5) is 35.7. The number of nitrogens with zero attached hydrogens (tertiary/aromatic N) is 5. The van der Waals surface area contributed by atoms with Gasteiger partial charge in [0.15, 0.2) is 5.65 Å². The average Bonchev–Trinajstić information content (AvgIpc) is 3.36. The van der Waals surface area contributed by atoms with Crippen LogP contribution in [0.25, 0.3) is 27.7 Å². The molecule has 2 saturated heterocycles. The van der Waals surface area contributed by atoms with Crippen molar-refractivity contribution in [3.8, 4) is 11.1 Å². The van der Waals surface area contributed by atoms with E-state index in [1.165, 1.54) is 0 Å². The molecule has 3 N–H and O–H groups in total. The Bertz CT molecular complexity index is 1430. The van der Waals surface area contributed by atoms with E-state index in [1.54, 1.807) is 21.8 Å². The predicted molar refractivity (Wildman–Crippen MR) is 121 cm³/mol. The third-order valence-electron chi connectivity index (χ3n) is 6.35. The Kier molecular flexibility index (Phi) is 4.12. The van der Waals surface area contributed by atoms with Crippen LogP contribution in [-0.2, 0) is 4.79 Å². The number of anilines is 1. The SMILES string of the molecule is Nc1c(S)c([C@H]2CC[C@@H]3C(=O)NC(=O)N3C2)nc2c(-c3cnc4ccccc4c3)cnn12. The molecule has 4 aromatic rings. The molecule has 9 nitrogen and oxygen atoms in total. The zero-order valence-electron chi connectivity index (χ0n) is 16.9. The molecule has 5 heterocycles. The minimum atomic E-state index is -0.405. The van der Waals surface area contributed by atoms with Gasteiger partial charge in [-0.25, -0.2) is 9.78 Å². The fraction of sp³-hybridized carbons (Fsp3) is 0.227. The second-order valence-corrected chi connectivity index (χ2v) is 8.63. The molecule has 1 aromatic carbocycles. The zero-order chi connectivity index (χ0) is 22.0. The molecule has 2 fully saturated rings. The first kappa shape index (κ1) is 19.1. The van der Waals surface area contributed by atoms with E-state index in [-0.39, 0.29) is 17.9 Å². The Morgan fingerprint density at radius 1 is 1.16 bits per heavy atom. The first-order valence-electron chi connectivity index (χ1n) is 10.3. The largest absolute Gasteiger partial charge is 0.383 e. The van der Waals surface area contributed by atoms with Gasteiger partial charge in [-0.3, -0.25) is 15.1 Å². The molecule has 0 aliphatic carbocycles. The summed E-state index contributed by atoms with van der Waals surface area (Å²) >= 11 is 4.63. The molecular formula is C22H19N7O2S. The number of aromatic nitrogens is 4. The predicted octanol–water partition coefficient (Wildman–Crippen LogP) is 2.61. The molecule has 10 heteroatoms. The van der Waals surface area contributed by atoms with Gasteiger partial charge in [0.05, 0.1) is 22.3 Å². The quantitative estimate of drug-likeness (QED) is 0.322. The van der Waals surface area contributed by atoms with E-state index in [0.717, 1.165) is 22.0 Å². The molecule has 2 aliphatic rings. The first-order valence-corrected chi connectivity index (χ1v) is 10.8. The molecule has 3 amide bonds. The van der Waals surface area contributed by atoms with Crippen molar-refractivity contribution in [3.05, 3.63) is 48.4 Å². The van der Waals surface area contributed by atoms with Crippen molar-refractivity contribution in [1.29, 1.82) is 0 Å². The summed E-state index contributed by atoms with van der Waals surface area (Å²) in [6.07, 6.45) is 4.81. The van der Waals surface area contributed by atoms with Gasteiger partial charge in [-0.2, -0.15) is 9.61 Å². The lowest BCUT2D eigenvalue weighted by molar-refractivity contribution is -0.122. The Labute approximate surface area is 188 Å². The molecule has 0 bridgehead atoms. The molecule has 3 aromatic heterocycles. The monoisotopic (exact) mass is 445 g/mol. The van der Waals surface area contributed by atoms with Gasteiger partial charge in [-0.1, -0.05) is 18.2 Å². The van der Waals surface area contributed by atoms with Crippen LogP contribution in [0, 0.1) is 0 Å². The van der Waals surface area contributed by atoms with E-state index in [4.69, 9.17) is 10.7 Å². The highest BCUT2D eigenvalue weighted by Crippen LogP contribution is 2.37. The number of pyridine rings is 1. The minimum Gasteiger partial charge on any atom is -0.383 e. The second kappa shape index (κ2) is 6.92. The summed E-state index contributed by atoms with van der Waals surface area (Å²) in [5, 5.41) is 7.84.